The van der Waals surface area contributed by atoms with Gasteiger partial charge in [-0.05, 0) is 30.7 Å². The third-order valence-electron chi connectivity index (χ3n) is 3.46. The van der Waals surface area contributed by atoms with Gasteiger partial charge in [0.15, 0.2) is 17.4 Å². The normalized spacial score (nSPS) is 16.5. The van der Waals surface area contributed by atoms with Crippen molar-refractivity contribution in [1.82, 2.24) is 0 Å². The lowest BCUT2D eigenvalue weighted by Crippen LogP contribution is -2.10. The largest absolute Gasteiger partial charge is 0.507 e. The van der Waals surface area contributed by atoms with E-state index >= 15 is 0 Å². The average Bonchev–Trinajstić information content (AvgIpc) is 2.54. The molecule has 22 heavy (non-hydrogen) atoms. The van der Waals surface area contributed by atoms with Crippen molar-refractivity contribution >= 4 is 5.78 Å². The van der Waals surface area contributed by atoms with Gasteiger partial charge in [0.1, 0.15) is 17.8 Å². The Kier molecular flexibility index (Phi) is 3.55. The fourth-order valence-electron chi connectivity index (χ4n) is 2.32. The number of Topliss-reactive ketones (excluding diaryl/α,β-unsaturated/α-hetero) is 1. The standard InChI is InChI=1S/C17H13FO4/c1-21-12-5-6-13(15(19)8-12)16(20)11-7-10-3-2-4-14(18)17(10)22-9-11/h2,4-9,19H,3H2,1H3. The molecule has 0 saturated heterocycles. The topological polar surface area (TPSA) is 55.8 Å². The molecular weight excluding hydrogens is 287 g/mol. The Labute approximate surface area is 126 Å². The maximum Gasteiger partial charge on any atom is 0.199 e. The fourth-order valence-corrected chi connectivity index (χ4v) is 2.32. The Bertz CT molecular complexity index is 769. The number of methoxy groups -OCH3 is 1. The van der Waals surface area contributed by atoms with Gasteiger partial charge in [-0.2, -0.15) is 0 Å². The molecule has 0 spiro atoms. The second kappa shape index (κ2) is 5.52. The summed E-state index contributed by atoms with van der Waals surface area (Å²) in [6, 6.07) is 4.42. The number of aromatic hydroxyl groups is 1. The zero-order chi connectivity index (χ0) is 15.7. The van der Waals surface area contributed by atoms with Gasteiger partial charge in [0.05, 0.1) is 18.2 Å². The Morgan fingerprint density at radius 1 is 1.41 bits per heavy atom. The molecule has 0 unspecified atom stereocenters. The van der Waals surface area contributed by atoms with Crippen LogP contribution >= 0.6 is 0 Å². The molecule has 112 valence electrons. The first-order valence-electron chi connectivity index (χ1n) is 6.66. The number of phenolic OH excluding ortho intramolecular Hbond substituents is 1. The van der Waals surface area contributed by atoms with Crippen molar-refractivity contribution in [1.29, 1.82) is 0 Å². The summed E-state index contributed by atoms with van der Waals surface area (Å²) in [6.07, 6.45) is 6.26. The van der Waals surface area contributed by atoms with E-state index in [4.69, 9.17) is 9.47 Å². The van der Waals surface area contributed by atoms with Crippen LogP contribution in [0.15, 0.2) is 65.4 Å². The number of phenols is 1. The van der Waals surface area contributed by atoms with Crippen LogP contribution in [0.3, 0.4) is 0 Å². The highest BCUT2D eigenvalue weighted by atomic mass is 19.1. The molecule has 5 heteroatoms. The maximum atomic E-state index is 13.6. The van der Waals surface area contributed by atoms with Crippen LogP contribution in [0.4, 0.5) is 4.39 Å². The minimum Gasteiger partial charge on any atom is -0.507 e. The number of ether oxygens (including phenoxy) is 2. The van der Waals surface area contributed by atoms with Crippen molar-refractivity contribution < 1.29 is 23.8 Å². The number of allylic oxidation sites excluding steroid dienone is 6. The number of ketones is 1. The van der Waals surface area contributed by atoms with E-state index in [0.717, 1.165) is 0 Å². The van der Waals surface area contributed by atoms with Gasteiger partial charge in [-0.1, -0.05) is 6.08 Å². The summed E-state index contributed by atoms with van der Waals surface area (Å²) in [5.41, 5.74) is 0.980. The number of benzene rings is 1. The van der Waals surface area contributed by atoms with Gasteiger partial charge >= 0.3 is 0 Å². The third-order valence-corrected chi connectivity index (χ3v) is 3.46. The minimum atomic E-state index is -0.465. The van der Waals surface area contributed by atoms with E-state index in [-0.39, 0.29) is 22.6 Å². The summed E-state index contributed by atoms with van der Waals surface area (Å²) in [6.45, 7) is 0. The van der Waals surface area contributed by atoms with Crippen molar-refractivity contribution in [3.05, 3.63) is 71.0 Å². The van der Waals surface area contributed by atoms with Crippen LogP contribution in [0.25, 0.3) is 0 Å². The Morgan fingerprint density at radius 2 is 2.23 bits per heavy atom. The second-order valence-electron chi connectivity index (χ2n) is 4.86. The first-order chi connectivity index (χ1) is 10.6. The van der Waals surface area contributed by atoms with Gasteiger partial charge in [-0.15, -0.1) is 0 Å². The van der Waals surface area contributed by atoms with Crippen molar-refractivity contribution in [2.24, 2.45) is 0 Å². The van der Waals surface area contributed by atoms with Crippen LogP contribution in [0.1, 0.15) is 16.8 Å². The van der Waals surface area contributed by atoms with Gasteiger partial charge in [0.25, 0.3) is 0 Å². The quantitative estimate of drug-likeness (QED) is 0.867. The third kappa shape index (κ3) is 2.41. The van der Waals surface area contributed by atoms with Gasteiger partial charge in [0.2, 0.25) is 0 Å². The summed E-state index contributed by atoms with van der Waals surface area (Å²) in [5, 5.41) is 9.93. The predicted molar refractivity (Wildman–Crippen MR) is 78.1 cm³/mol. The van der Waals surface area contributed by atoms with E-state index in [2.05, 4.69) is 0 Å². The first-order valence-corrected chi connectivity index (χ1v) is 6.66. The lowest BCUT2D eigenvalue weighted by atomic mass is 9.96. The lowest BCUT2D eigenvalue weighted by molar-refractivity contribution is 0.103. The number of carbonyl (C=O) groups is 1. The molecule has 2 aliphatic rings. The van der Waals surface area contributed by atoms with Crippen LogP contribution in [-0.4, -0.2) is 18.0 Å². The van der Waals surface area contributed by atoms with E-state index in [1.165, 1.54) is 31.6 Å². The van der Waals surface area contributed by atoms with Crippen LogP contribution in [-0.2, 0) is 4.74 Å². The number of rotatable bonds is 3. The van der Waals surface area contributed by atoms with Crippen molar-refractivity contribution in [3.63, 3.8) is 0 Å². The molecule has 0 aromatic heterocycles. The molecule has 0 fully saturated rings. The molecule has 0 radical (unpaired) electrons. The summed E-state index contributed by atoms with van der Waals surface area (Å²) >= 11 is 0. The van der Waals surface area contributed by atoms with E-state index in [1.54, 1.807) is 18.2 Å². The van der Waals surface area contributed by atoms with Gasteiger partial charge in [-0.3, -0.25) is 4.79 Å². The number of hydrogen-bond donors (Lipinski definition) is 1. The van der Waals surface area contributed by atoms with Crippen LogP contribution in [0, 0.1) is 0 Å². The summed E-state index contributed by atoms with van der Waals surface area (Å²) in [4.78, 5) is 12.5. The molecule has 1 aliphatic carbocycles. The van der Waals surface area contributed by atoms with Gasteiger partial charge in [0, 0.05) is 11.6 Å². The molecule has 0 bridgehead atoms. The molecule has 1 N–H and O–H groups in total. The highest BCUT2D eigenvalue weighted by Gasteiger charge is 2.23. The van der Waals surface area contributed by atoms with Crippen LogP contribution in [0.5, 0.6) is 11.5 Å². The van der Waals surface area contributed by atoms with E-state index < -0.39 is 11.6 Å². The number of hydrogen-bond acceptors (Lipinski definition) is 4. The van der Waals surface area contributed by atoms with E-state index in [0.29, 0.717) is 17.7 Å². The maximum absolute atomic E-state index is 13.6. The first kappa shape index (κ1) is 14.1. The zero-order valence-electron chi connectivity index (χ0n) is 11.8. The van der Waals surface area contributed by atoms with Crippen molar-refractivity contribution in [2.75, 3.05) is 7.11 Å². The summed E-state index contributed by atoms with van der Waals surface area (Å²) in [7, 11) is 1.47. The van der Waals surface area contributed by atoms with Crippen LogP contribution < -0.4 is 4.74 Å². The lowest BCUT2D eigenvalue weighted by Gasteiger charge is -2.19. The number of fused-ring (bicyclic) bond motifs is 1. The molecule has 1 aromatic rings. The van der Waals surface area contributed by atoms with Gasteiger partial charge in [-0.25, -0.2) is 4.39 Å². The monoisotopic (exact) mass is 300 g/mol. The molecule has 0 saturated carbocycles. The van der Waals surface area contributed by atoms with Crippen LogP contribution in [0.2, 0.25) is 0 Å². The Hall–Kier alpha value is -2.82. The smallest absolute Gasteiger partial charge is 0.199 e. The molecule has 1 aliphatic heterocycles. The fraction of sp³-hybridized carbons (Fsp3) is 0.118. The minimum absolute atomic E-state index is 0.131. The van der Waals surface area contributed by atoms with Crippen molar-refractivity contribution in [2.45, 2.75) is 6.42 Å². The Balaban J connectivity index is 1.92. The molecule has 1 aromatic carbocycles. The number of halogens is 1. The molecule has 3 rings (SSSR count). The highest BCUT2D eigenvalue weighted by Crippen LogP contribution is 2.33. The van der Waals surface area contributed by atoms with E-state index in [1.807, 2.05) is 0 Å². The molecule has 0 amide bonds. The van der Waals surface area contributed by atoms with Gasteiger partial charge < -0.3 is 14.6 Å². The second-order valence-corrected chi connectivity index (χ2v) is 4.86. The van der Waals surface area contributed by atoms with Crippen molar-refractivity contribution in [3.8, 4) is 11.5 Å². The molecule has 4 nitrogen and oxygen atoms in total. The predicted octanol–water partition coefficient (Wildman–Crippen LogP) is 3.57. The molecular formula is C17H13FO4. The molecule has 1 heterocycles. The SMILES string of the molecule is COc1ccc(C(=O)C2=COC3=C(F)C=CCC3=C2)c(O)c1. The average molecular weight is 300 g/mol. The molecule has 0 atom stereocenters. The highest BCUT2D eigenvalue weighted by molar-refractivity contribution is 6.12. The zero-order valence-corrected chi connectivity index (χ0v) is 11.8. The summed E-state index contributed by atoms with van der Waals surface area (Å²) in [5.74, 6) is -0.460. The van der Waals surface area contributed by atoms with E-state index in [9.17, 15) is 14.3 Å². The summed E-state index contributed by atoms with van der Waals surface area (Å²) < 4.78 is 23.8. The Morgan fingerprint density at radius 3 is 2.95 bits per heavy atom. The number of carbonyl (C=O) groups excluding carboxylic acids is 1.